The van der Waals surface area contributed by atoms with Crippen molar-refractivity contribution in [2.75, 3.05) is 25.6 Å². The number of aromatic nitrogens is 2. The molecule has 1 amide bonds. The fourth-order valence-electron chi connectivity index (χ4n) is 2.14. The van der Waals surface area contributed by atoms with Crippen molar-refractivity contribution in [2.24, 2.45) is 0 Å². The summed E-state index contributed by atoms with van der Waals surface area (Å²) in [6.45, 7) is 0.978. The van der Waals surface area contributed by atoms with Gasteiger partial charge in [-0.3, -0.25) is 4.79 Å². The number of ether oxygens (including phenoxy) is 1. The average molecular weight is 264 g/mol. The van der Waals surface area contributed by atoms with E-state index in [-0.39, 0.29) is 5.91 Å². The number of anilines is 1. The Bertz CT molecular complexity index is 402. The quantitative estimate of drug-likeness (QED) is 0.755. The molecule has 1 aromatic rings. The number of carbonyl (C=O) groups is 1. The van der Waals surface area contributed by atoms with Crippen LogP contribution in [-0.2, 0) is 4.74 Å². The lowest BCUT2D eigenvalue weighted by molar-refractivity contribution is 0.0936. The number of amides is 1. The minimum atomic E-state index is -0.176. The number of hydrogen-bond donors (Lipinski definition) is 2. The third-order valence-electron chi connectivity index (χ3n) is 3.19. The standard InChI is InChI=1S/C13H20N4O2/c1-19-7-6-14-12(18)10-8-15-13(16-9-10)17-11-4-2-3-5-11/h8-9,11H,2-7H2,1H3,(H,14,18)(H,15,16,17). The van der Waals surface area contributed by atoms with E-state index in [0.717, 1.165) is 0 Å². The van der Waals surface area contributed by atoms with E-state index in [1.54, 1.807) is 19.5 Å². The van der Waals surface area contributed by atoms with Gasteiger partial charge in [0, 0.05) is 32.1 Å². The van der Waals surface area contributed by atoms with Crippen LogP contribution in [-0.4, -0.2) is 42.2 Å². The summed E-state index contributed by atoms with van der Waals surface area (Å²) in [5.41, 5.74) is 0.466. The molecular weight excluding hydrogens is 244 g/mol. The maximum absolute atomic E-state index is 11.7. The topological polar surface area (TPSA) is 76.1 Å². The van der Waals surface area contributed by atoms with Crippen molar-refractivity contribution in [1.29, 1.82) is 0 Å². The molecule has 2 rings (SSSR count). The Morgan fingerprint density at radius 1 is 1.37 bits per heavy atom. The molecule has 2 N–H and O–H groups in total. The molecule has 0 spiro atoms. The van der Waals surface area contributed by atoms with Crippen LogP contribution < -0.4 is 10.6 Å². The van der Waals surface area contributed by atoms with Crippen LogP contribution in [0, 0.1) is 0 Å². The lowest BCUT2D eigenvalue weighted by atomic mass is 10.2. The molecule has 0 saturated heterocycles. The molecule has 6 nitrogen and oxygen atoms in total. The smallest absolute Gasteiger partial charge is 0.254 e. The fraction of sp³-hybridized carbons (Fsp3) is 0.615. The highest BCUT2D eigenvalue weighted by Crippen LogP contribution is 2.20. The molecule has 6 heteroatoms. The van der Waals surface area contributed by atoms with Gasteiger partial charge < -0.3 is 15.4 Å². The molecule has 0 radical (unpaired) electrons. The third-order valence-corrected chi connectivity index (χ3v) is 3.19. The molecule has 104 valence electrons. The monoisotopic (exact) mass is 264 g/mol. The van der Waals surface area contributed by atoms with Crippen LogP contribution in [0.2, 0.25) is 0 Å². The summed E-state index contributed by atoms with van der Waals surface area (Å²) in [5, 5.41) is 6.01. The highest BCUT2D eigenvalue weighted by atomic mass is 16.5. The molecule has 1 aliphatic rings. The van der Waals surface area contributed by atoms with E-state index >= 15 is 0 Å². The van der Waals surface area contributed by atoms with Gasteiger partial charge in [0.2, 0.25) is 5.95 Å². The molecular formula is C13H20N4O2. The fourth-order valence-corrected chi connectivity index (χ4v) is 2.14. The maximum atomic E-state index is 11.7. The Balaban J connectivity index is 1.84. The average Bonchev–Trinajstić information content (AvgIpc) is 2.93. The van der Waals surface area contributed by atoms with Crippen LogP contribution in [0.25, 0.3) is 0 Å². The van der Waals surface area contributed by atoms with Crippen LogP contribution in [0.5, 0.6) is 0 Å². The van der Waals surface area contributed by atoms with E-state index in [2.05, 4.69) is 20.6 Å². The normalized spacial score (nSPS) is 15.4. The Morgan fingerprint density at radius 2 is 2.05 bits per heavy atom. The van der Waals surface area contributed by atoms with Gasteiger partial charge in [-0.05, 0) is 12.8 Å². The maximum Gasteiger partial charge on any atom is 0.254 e. The van der Waals surface area contributed by atoms with Crippen molar-refractivity contribution in [3.05, 3.63) is 18.0 Å². The SMILES string of the molecule is COCCNC(=O)c1cnc(NC2CCCC2)nc1. The van der Waals surface area contributed by atoms with E-state index in [9.17, 15) is 4.79 Å². The van der Waals surface area contributed by atoms with E-state index in [4.69, 9.17) is 4.74 Å². The highest BCUT2D eigenvalue weighted by Gasteiger charge is 2.15. The van der Waals surface area contributed by atoms with E-state index < -0.39 is 0 Å². The minimum absolute atomic E-state index is 0.176. The van der Waals surface area contributed by atoms with Gasteiger partial charge in [-0.15, -0.1) is 0 Å². The lowest BCUT2D eigenvalue weighted by Gasteiger charge is -2.11. The molecule has 1 aliphatic carbocycles. The molecule has 0 aromatic carbocycles. The van der Waals surface area contributed by atoms with E-state index in [1.165, 1.54) is 25.7 Å². The number of carbonyl (C=O) groups excluding carboxylic acids is 1. The zero-order valence-corrected chi connectivity index (χ0v) is 11.2. The van der Waals surface area contributed by atoms with Crippen LogP contribution in [0.1, 0.15) is 36.0 Å². The summed E-state index contributed by atoms with van der Waals surface area (Å²) in [6.07, 6.45) is 7.96. The van der Waals surface area contributed by atoms with Gasteiger partial charge in [-0.25, -0.2) is 9.97 Å². The Hall–Kier alpha value is -1.69. The summed E-state index contributed by atoms with van der Waals surface area (Å²) in [5.74, 6) is 0.421. The first-order chi connectivity index (χ1) is 9.29. The predicted octanol–water partition coefficient (Wildman–Crippen LogP) is 1.21. The summed E-state index contributed by atoms with van der Waals surface area (Å²) < 4.78 is 4.87. The summed E-state index contributed by atoms with van der Waals surface area (Å²) in [6, 6.07) is 0.473. The second-order valence-electron chi connectivity index (χ2n) is 4.67. The first-order valence-corrected chi connectivity index (χ1v) is 6.65. The zero-order valence-electron chi connectivity index (χ0n) is 11.2. The number of methoxy groups -OCH3 is 1. The van der Waals surface area contributed by atoms with Crippen molar-refractivity contribution in [1.82, 2.24) is 15.3 Å². The predicted molar refractivity (Wildman–Crippen MR) is 72.1 cm³/mol. The third kappa shape index (κ3) is 4.17. The largest absolute Gasteiger partial charge is 0.383 e. The zero-order chi connectivity index (χ0) is 13.5. The van der Waals surface area contributed by atoms with Crippen molar-refractivity contribution in [2.45, 2.75) is 31.7 Å². The number of rotatable bonds is 6. The molecule has 1 aromatic heterocycles. The first kappa shape index (κ1) is 13.7. The second-order valence-corrected chi connectivity index (χ2v) is 4.67. The molecule has 1 fully saturated rings. The van der Waals surface area contributed by atoms with Gasteiger partial charge in [-0.2, -0.15) is 0 Å². The van der Waals surface area contributed by atoms with Crippen LogP contribution >= 0.6 is 0 Å². The highest BCUT2D eigenvalue weighted by molar-refractivity contribution is 5.93. The second kappa shape index (κ2) is 7.04. The van der Waals surface area contributed by atoms with Gasteiger partial charge >= 0.3 is 0 Å². The summed E-state index contributed by atoms with van der Waals surface area (Å²) >= 11 is 0. The van der Waals surface area contributed by atoms with Crippen molar-refractivity contribution in [3.63, 3.8) is 0 Å². The Labute approximate surface area is 113 Å². The van der Waals surface area contributed by atoms with Gasteiger partial charge in [0.15, 0.2) is 0 Å². The first-order valence-electron chi connectivity index (χ1n) is 6.65. The number of nitrogens with one attached hydrogen (secondary N) is 2. The Morgan fingerprint density at radius 3 is 2.68 bits per heavy atom. The van der Waals surface area contributed by atoms with Crippen LogP contribution in [0.15, 0.2) is 12.4 Å². The van der Waals surface area contributed by atoms with Crippen molar-refractivity contribution >= 4 is 11.9 Å². The summed E-state index contributed by atoms with van der Waals surface area (Å²) in [4.78, 5) is 20.1. The number of hydrogen-bond acceptors (Lipinski definition) is 5. The van der Waals surface area contributed by atoms with Crippen LogP contribution in [0.3, 0.4) is 0 Å². The molecule has 0 bridgehead atoms. The van der Waals surface area contributed by atoms with E-state index in [1.807, 2.05) is 0 Å². The van der Waals surface area contributed by atoms with Gasteiger partial charge in [-0.1, -0.05) is 12.8 Å². The molecule has 1 saturated carbocycles. The Kier molecular flexibility index (Phi) is 5.09. The number of nitrogens with zero attached hydrogens (tertiary/aromatic N) is 2. The van der Waals surface area contributed by atoms with Gasteiger partial charge in [0.05, 0.1) is 12.2 Å². The van der Waals surface area contributed by atoms with Gasteiger partial charge in [0.25, 0.3) is 5.91 Å². The molecule has 1 heterocycles. The minimum Gasteiger partial charge on any atom is -0.383 e. The molecule has 0 aliphatic heterocycles. The summed E-state index contributed by atoms with van der Waals surface area (Å²) in [7, 11) is 1.60. The van der Waals surface area contributed by atoms with Crippen LogP contribution in [0.4, 0.5) is 5.95 Å². The van der Waals surface area contributed by atoms with Crippen molar-refractivity contribution in [3.8, 4) is 0 Å². The van der Waals surface area contributed by atoms with Crippen molar-refractivity contribution < 1.29 is 9.53 Å². The van der Waals surface area contributed by atoms with Gasteiger partial charge in [0.1, 0.15) is 0 Å². The molecule has 0 unspecified atom stereocenters. The lowest BCUT2D eigenvalue weighted by Crippen LogP contribution is -2.27. The molecule has 19 heavy (non-hydrogen) atoms. The molecule has 0 atom stereocenters. The van der Waals surface area contributed by atoms with E-state index in [0.29, 0.717) is 30.7 Å².